The van der Waals surface area contributed by atoms with Crippen LogP contribution in [0.5, 0.6) is 0 Å². The van der Waals surface area contributed by atoms with Gasteiger partial charge in [0.15, 0.2) is 0 Å². The topological polar surface area (TPSA) is 12.0 Å². The molecule has 0 saturated heterocycles. The monoisotopic (exact) mass is 243 g/mol. The van der Waals surface area contributed by atoms with Crippen molar-refractivity contribution in [2.45, 2.75) is 25.8 Å². The van der Waals surface area contributed by atoms with E-state index in [0.29, 0.717) is 10.0 Å². The van der Waals surface area contributed by atoms with Gasteiger partial charge in [-0.2, -0.15) is 0 Å². The van der Waals surface area contributed by atoms with Gasteiger partial charge in [-0.1, -0.05) is 48.2 Å². The van der Waals surface area contributed by atoms with E-state index in [0.717, 1.165) is 24.6 Å². The fourth-order valence-corrected chi connectivity index (χ4v) is 2.01. The van der Waals surface area contributed by atoms with Crippen molar-refractivity contribution in [3.8, 4) is 0 Å². The van der Waals surface area contributed by atoms with Crippen LogP contribution in [0.1, 0.15) is 24.8 Å². The standard InChI is InChI=1S/C12H15Cl2N/c13-11-3-1-2-10(12(11)14)8-15-7-6-9-4-5-9/h1-3,9,15H,4-8H2. The van der Waals surface area contributed by atoms with E-state index in [2.05, 4.69) is 5.32 Å². The molecule has 0 aliphatic heterocycles. The van der Waals surface area contributed by atoms with Gasteiger partial charge in [0.05, 0.1) is 10.0 Å². The van der Waals surface area contributed by atoms with Gasteiger partial charge < -0.3 is 5.32 Å². The van der Waals surface area contributed by atoms with Crippen LogP contribution in [0.15, 0.2) is 18.2 Å². The van der Waals surface area contributed by atoms with Gasteiger partial charge in [0.1, 0.15) is 0 Å². The molecule has 1 N–H and O–H groups in total. The van der Waals surface area contributed by atoms with E-state index in [4.69, 9.17) is 23.2 Å². The predicted octanol–water partition coefficient (Wildman–Crippen LogP) is 3.88. The van der Waals surface area contributed by atoms with E-state index in [1.165, 1.54) is 19.3 Å². The Bertz CT molecular complexity index is 334. The molecule has 0 spiro atoms. The highest BCUT2D eigenvalue weighted by molar-refractivity contribution is 6.42. The van der Waals surface area contributed by atoms with Gasteiger partial charge in [-0.25, -0.2) is 0 Å². The number of hydrogen-bond donors (Lipinski definition) is 1. The van der Waals surface area contributed by atoms with Crippen molar-refractivity contribution in [3.05, 3.63) is 33.8 Å². The molecule has 0 bridgehead atoms. The minimum atomic E-state index is 0.637. The Morgan fingerprint density at radius 3 is 2.80 bits per heavy atom. The summed E-state index contributed by atoms with van der Waals surface area (Å²) in [5.41, 5.74) is 1.08. The van der Waals surface area contributed by atoms with Gasteiger partial charge >= 0.3 is 0 Å². The highest BCUT2D eigenvalue weighted by Crippen LogP contribution is 2.31. The van der Waals surface area contributed by atoms with Gasteiger partial charge in [-0.3, -0.25) is 0 Å². The van der Waals surface area contributed by atoms with E-state index in [1.807, 2.05) is 18.2 Å². The maximum Gasteiger partial charge on any atom is 0.0637 e. The van der Waals surface area contributed by atoms with Crippen LogP contribution >= 0.6 is 23.2 Å². The van der Waals surface area contributed by atoms with E-state index in [9.17, 15) is 0 Å². The first kappa shape index (κ1) is 11.3. The third-order valence-electron chi connectivity index (χ3n) is 2.77. The lowest BCUT2D eigenvalue weighted by molar-refractivity contribution is 0.613. The number of rotatable bonds is 5. The Morgan fingerprint density at radius 1 is 1.27 bits per heavy atom. The lowest BCUT2D eigenvalue weighted by Gasteiger charge is -2.07. The van der Waals surface area contributed by atoms with Crippen molar-refractivity contribution < 1.29 is 0 Å². The van der Waals surface area contributed by atoms with E-state index < -0.39 is 0 Å². The Hall–Kier alpha value is -0.240. The molecule has 82 valence electrons. The molecule has 0 amide bonds. The largest absolute Gasteiger partial charge is 0.313 e. The van der Waals surface area contributed by atoms with Gasteiger partial charge in [0.25, 0.3) is 0 Å². The lowest BCUT2D eigenvalue weighted by Crippen LogP contribution is -2.15. The number of halogens is 2. The number of benzene rings is 1. The summed E-state index contributed by atoms with van der Waals surface area (Å²) in [4.78, 5) is 0. The van der Waals surface area contributed by atoms with Crippen LogP contribution in [-0.4, -0.2) is 6.54 Å². The Balaban J connectivity index is 1.78. The average molecular weight is 244 g/mol. The van der Waals surface area contributed by atoms with Crippen molar-refractivity contribution in [2.75, 3.05) is 6.54 Å². The SMILES string of the molecule is Clc1cccc(CNCCC2CC2)c1Cl. The molecular weight excluding hydrogens is 229 g/mol. The molecule has 1 saturated carbocycles. The molecule has 1 aliphatic carbocycles. The van der Waals surface area contributed by atoms with Gasteiger partial charge in [0, 0.05) is 6.54 Å². The Labute approximate surface area is 101 Å². The molecule has 1 aromatic rings. The van der Waals surface area contributed by atoms with Gasteiger partial charge in [-0.05, 0) is 30.5 Å². The zero-order valence-electron chi connectivity index (χ0n) is 8.60. The fourth-order valence-electron chi connectivity index (χ4n) is 1.62. The summed E-state index contributed by atoms with van der Waals surface area (Å²) in [5.74, 6) is 0.979. The smallest absolute Gasteiger partial charge is 0.0637 e. The summed E-state index contributed by atoms with van der Waals surface area (Å²) in [5, 5.41) is 4.71. The first-order valence-corrected chi connectivity index (χ1v) is 6.16. The van der Waals surface area contributed by atoms with Crippen LogP contribution in [0.25, 0.3) is 0 Å². The minimum absolute atomic E-state index is 0.637. The van der Waals surface area contributed by atoms with Gasteiger partial charge in [0.2, 0.25) is 0 Å². The fraction of sp³-hybridized carbons (Fsp3) is 0.500. The lowest BCUT2D eigenvalue weighted by atomic mass is 10.2. The summed E-state index contributed by atoms with van der Waals surface area (Å²) >= 11 is 12.0. The highest BCUT2D eigenvalue weighted by atomic mass is 35.5. The Kier molecular flexibility index (Phi) is 3.90. The van der Waals surface area contributed by atoms with Crippen LogP contribution in [-0.2, 0) is 6.54 Å². The van der Waals surface area contributed by atoms with E-state index in [-0.39, 0.29) is 0 Å². The molecule has 2 rings (SSSR count). The summed E-state index contributed by atoms with van der Waals surface area (Å²) in [7, 11) is 0. The molecule has 15 heavy (non-hydrogen) atoms. The molecule has 1 fully saturated rings. The van der Waals surface area contributed by atoms with Gasteiger partial charge in [-0.15, -0.1) is 0 Å². The normalized spacial score (nSPS) is 15.6. The summed E-state index contributed by atoms with van der Waals surface area (Å²) < 4.78 is 0. The second-order valence-corrected chi connectivity index (χ2v) is 4.91. The molecule has 1 nitrogen and oxygen atoms in total. The van der Waals surface area contributed by atoms with Crippen molar-refractivity contribution >= 4 is 23.2 Å². The predicted molar refractivity (Wildman–Crippen MR) is 65.5 cm³/mol. The molecule has 3 heteroatoms. The minimum Gasteiger partial charge on any atom is -0.313 e. The van der Waals surface area contributed by atoms with Crippen LogP contribution in [0.3, 0.4) is 0 Å². The highest BCUT2D eigenvalue weighted by Gasteiger charge is 2.19. The van der Waals surface area contributed by atoms with Crippen LogP contribution in [0, 0.1) is 5.92 Å². The molecule has 0 radical (unpaired) electrons. The first-order valence-electron chi connectivity index (χ1n) is 5.41. The molecule has 0 heterocycles. The Morgan fingerprint density at radius 2 is 2.07 bits per heavy atom. The van der Waals surface area contributed by atoms with Crippen molar-refractivity contribution in [1.82, 2.24) is 5.32 Å². The summed E-state index contributed by atoms with van der Waals surface area (Å²) in [6, 6.07) is 5.77. The van der Waals surface area contributed by atoms with E-state index >= 15 is 0 Å². The van der Waals surface area contributed by atoms with Crippen molar-refractivity contribution in [3.63, 3.8) is 0 Å². The maximum atomic E-state index is 6.08. The molecule has 1 aliphatic rings. The summed E-state index contributed by atoms with van der Waals surface area (Å²) in [6.07, 6.45) is 4.12. The van der Waals surface area contributed by atoms with Crippen LogP contribution in [0.2, 0.25) is 10.0 Å². The second kappa shape index (κ2) is 5.20. The molecule has 0 aromatic heterocycles. The zero-order chi connectivity index (χ0) is 10.7. The molecule has 1 aromatic carbocycles. The molecule has 0 unspecified atom stereocenters. The quantitative estimate of drug-likeness (QED) is 0.775. The average Bonchev–Trinajstić information content (AvgIpc) is 3.02. The van der Waals surface area contributed by atoms with Crippen LogP contribution < -0.4 is 5.32 Å². The second-order valence-electron chi connectivity index (χ2n) is 4.12. The third kappa shape index (κ3) is 3.37. The van der Waals surface area contributed by atoms with Crippen molar-refractivity contribution in [2.24, 2.45) is 5.92 Å². The molecular formula is C12H15Cl2N. The van der Waals surface area contributed by atoms with Crippen LogP contribution in [0.4, 0.5) is 0 Å². The van der Waals surface area contributed by atoms with E-state index in [1.54, 1.807) is 0 Å². The zero-order valence-corrected chi connectivity index (χ0v) is 10.1. The third-order valence-corrected chi connectivity index (χ3v) is 3.63. The molecule has 0 atom stereocenters. The number of nitrogens with one attached hydrogen (secondary N) is 1. The summed E-state index contributed by atoms with van der Waals surface area (Å²) in [6.45, 7) is 1.89. The first-order chi connectivity index (χ1) is 7.27. The van der Waals surface area contributed by atoms with Crippen molar-refractivity contribution in [1.29, 1.82) is 0 Å². The number of hydrogen-bond acceptors (Lipinski definition) is 1. The maximum absolute atomic E-state index is 6.08.